The van der Waals surface area contributed by atoms with Gasteiger partial charge in [-0.25, -0.2) is 4.79 Å². The quantitative estimate of drug-likeness (QED) is 0.752. The molecule has 5 nitrogen and oxygen atoms in total. The van der Waals surface area contributed by atoms with Crippen LogP contribution in [0.3, 0.4) is 0 Å². The first kappa shape index (κ1) is 13.5. The minimum absolute atomic E-state index is 0.431. The number of carbonyl (C=O) groups is 2. The maximum atomic E-state index is 12.1. The van der Waals surface area contributed by atoms with Crippen molar-refractivity contribution in [3.8, 4) is 0 Å². The Labute approximate surface area is 112 Å². The highest BCUT2D eigenvalue weighted by molar-refractivity contribution is 6.03. The summed E-state index contributed by atoms with van der Waals surface area (Å²) in [4.78, 5) is 24.8. The molecule has 0 unspecified atom stereocenters. The number of carbonyl (C=O) groups excluding carboxylic acids is 2. The molecule has 2 rings (SSSR count). The highest BCUT2D eigenvalue weighted by Gasteiger charge is 2.51. The number of aliphatic hydroxyl groups is 1. The van der Waals surface area contributed by atoms with E-state index in [0.29, 0.717) is 0 Å². The largest absolute Gasteiger partial charge is 0.381 e. The third-order valence-electron chi connectivity index (χ3n) is 2.91. The second-order valence-electron chi connectivity index (χ2n) is 5.69. The van der Waals surface area contributed by atoms with E-state index in [1.807, 2.05) is 39.0 Å². The SMILES string of the molecule is CC(C)(C)NC(=O)N1C(=O)[C@H](O)[C@@H]1c1ccccc1. The first-order valence-electron chi connectivity index (χ1n) is 6.19. The van der Waals surface area contributed by atoms with E-state index in [4.69, 9.17) is 0 Å². The Bertz CT molecular complexity index is 493. The average molecular weight is 262 g/mol. The molecule has 0 saturated carbocycles. The number of nitrogens with one attached hydrogen (secondary N) is 1. The molecule has 0 bridgehead atoms. The van der Waals surface area contributed by atoms with Crippen molar-refractivity contribution in [1.82, 2.24) is 10.2 Å². The maximum Gasteiger partial charge on any atom is 0.325 e. The fourth-order valence-electron chi connectivity index (χ4n) is 2.06. The Hall–Kier alpha value is -1.88. The second kappa shape index (κ2) is 4.66. The molecular formula is C14H18N2O3. The Morgan fingerprint density at radius 2 is 1.84 bits per heavy atom. The monoisotopic (exact) mass is 262 g/mol. The Morgan fingerprint density at radius 3 is 2.37 bits per heavy atom. The summed E-state index contributed by atoms with van der Waals surface area (Å²) in [6.45, 7) is 5.51. The summed E-state index contributed by atoms with van der Waals surface area (Å²) in [5, 5.41) is 12.5. The molecular weight excluding hydrogens is 244 g/mol. The second-order valence-corrected chi connectivity index (χ2v) is 5.69. The Morgan fingerprint density at radius 1 is 1.26 bits per heavy atom. The van der Waals surface area contributed by atoms with Gasteiger partial charge < -0.3 is 10.4 Å². The van der Waals surface area contributed by atoms with Crippen LogP contribution in [0.1, 0.15) is 32.4 Å². The molecule has 0 radical (unpaired) electrons. The van der Waals surface area contributed by atoms with E-state index in [0.717, 1.165) is 10.5 Å². The minimum atomic E-state index is -1.15. The summed E-state index contributed by atoms with van der Waals surface area (Å²) in [6, 6.07) is 7.97. The molecule has 1 aromatic rings. The topological polar surface area (TPSA) is 69.6 Å². The van der Waals surface area contributed by atoms with Crippen LogP contribution in [0.2, 0.25) is 0 Å². The number of rotatable bonds is 1. The molecule has 1 aliphatic heterocycles. The molecule has 0 aromatic heterocycles. The van der Waals surface area contributed by atoms with Crippen LogP contribution in [0.5, 0.6) is 0 Å². The van der Waals surface area contributed by atoms with E-state index < -0.39 is 29.6 Å². The molecule has 19 heavy (non-hydrogen) atoms. The summed E-state index contributed by atoms with van der Waals surface area (Å²) in [5.41, 5.74) is 0.317. The van der Waals surface area contributed by atoms with Gasteiger partial charge in [0.25, 0.3) is 5.91 Å². The number of nitrogens with zero attached hydrogens (tertiary/aromatic N) is 1. The zero-order valence-corrected chi connectivity index (χ0v) is 11.3. The predicted octanol–water partition coefficient (Wildman–Crippen LogP) is 1.44. The van der Waals surface area contributed by atoms with Gasteiger partial charge in [0, 0.05) is 5.54 Å². The minimum Gasteiger partial charge on any atom is -0.381 e. The normalized spacial score (nSPS) is 22.9. The van der Waals surface area contributed by atoms with Gasteiger partial charge >= 0.3 is 6.03 Å². The van der Waals surface area contributed by atoms with Crippen molar-refractivity contribution in [2.75, 3.05) is 0 Å². The number of urea groups is 1. The molecule has 1 saturated heterocycles. The Kier molecular flexibility index (Phi) is 3.32. The van der Waals surface area contributed by atoms with Gasteiger partial charge in [0.2, 0.25) is 0 Å². The molecule has 1 aromatic carbocycles. The van der Waals surface area contributed by atoms with E-state index in [1.54, 1.807) is 12.1 Å². The molecule has 3 amide bonds. The van der Waals surface area contributed by atoms with Crippen LogP contribution in [-0.4, -0.2) is 33.6 Å². The van der Waals surface area contributed by atoms with Gasteiger partial charge in [-0.05, 0) is 26.3 Å². The fourth-order valence-corrected chi connectivity index (χ4v) is 2.06. The van der Waals surface area contributed by atoms with Crippen LogP contribution in [0.25, 0.3) is 0 Å². The first-order valence-corrected chi connectivity index (χ1v) is 6.19. The van der Waals surface area contributed by atoms with Crippen molar-refractivity contribution in [2.45, 2.75) is 38.5 Å². The molecule has 1 fully saturated rings. The number of likely N-dealkylation sites (tertiary alicyclic amines) is 1. The van der Waals surface area contributed by atoms with Crippen molar-refractivity contribution >= 4 is 11.9 Å². The van der Waals surface area contributed by atoms with Crippen LogP contribution >= 0.6 is 0 Å². The van der Waals surface area contributed by atoms with Crippen LogP contribution in [-0.2, 0) is 4.79 Å². The summed E-state index contributed by atoms with van der Waals surface area (Å²) in [6.07, 6.45) is -1.15. The average Bonchev–Trinajstić information content (AvgIpc) is 2.33. The third-order valence-corrected chi connectivity index (χ3v) is 2.91. The van der Waals surface area contributed by atoms with Gasteiger partial charge in [0.05, 0.1) is 0 Å². The van der Waals surface area contributed by atoms with E-state index in [9.17, 15) is 14.7 Å². The molecule has 0 aliphatic carbocycles. The smallest absolute Gasteiger partial charge is 0.325 e. The highest BCUT2D eigenvalue weighted by atomic mass is 16.3. The number of hydrogen-bond donors (Lipinski definition) is 2. The lowest BCUT2D eigenvalue weighted by Gasteiger charge is -2.43. The van der Waals surface area contributed by atoms with E-state index >= 15 is 0 Å². The Balaban J connectivity index is 2.20. The highest BCUT2D eigenvalue weighted by Crippen LogP contribution is 2.34. The van der Waals surface area contributed by atoms with Crippen LogP contribution in [0.15, 0.2) is 30.3 Å². The summed E-state index contributed by atoms with van der Waals surface area (Å²) in [7, 11) is 0. The van der Waals surface area contributed by atoms with Crippen molar-refractivity contribution in [3.05, 3.63) is 35.9 Å². The number of hydrogen-bond acceptors (Lipinski definition) is 3. The predicted molar refractivity (Wildman–Crippen MR) is 70.3 cm³/mol. The third kappa shape index (κ3) is 2.61. The van der Waals surface area contributed by atoms with E-state index in [2.05, 4.69) is 5.32 Å². The van der Waals surface area contributed by atoms with Crippen LogP contribution < -0.4 is 5.32 Å². The standard InChI is InChI=1S/C14H18N2O3/c1-14(2,3)15-13(19)16-10(11(17)12(16)18)9-7-5-4-6-8-9/h4-8,10-11,17H,1-3H3,(H,15,19)/t10-,11+/m0/s1. The summed E-state index contributed by atoms with van der Waals surface area (Å²) in [5.74, 6) is -0.560. The number of aliphatic hydroxyl groups excluding tert-OH is 1. The molecule has 5 heteroatoms. The lowest BCUT2D eigenvalue weighted by molar-refractivity contribution is -0.160. The molecule has 2 atom stereocenters. The van der Waals surface area contributed by atoms with Crippen molar-refractivity contribution in [2.24, 2.45) is 0 Å². The molecule has 1 heterocycles. The maximum absolute atomic E-state index is 12.1. The van der Waals surface area contributed by atoms with Gasteiger partial charge in [0.1, 0.15) is 6.04 Å². The van der Waals surface area contributed by atoms with Crippen LogP contribution in [0.4, 0.5) is 4.79 Å². The number of imide groups is 1. The van der Waals surface area contributed by atoms with E-state index in [1.165, 1.54) is 0 Å². The van der Waals surface area contributed by atoms with Gasteiger partial charge in [-0.2, -0.15) is 0 Å². The number of benzene rings is 1. The van der Waals surface area contributed by atoms with Crippen molar-refractivity contribution in [3.63, 3.8) is 0 Å². The zero-order chi connectivity index (χ0) is 14.2. The van der Waals surface area contributed by atoms with Crippen molar-refractivity contribution in [1.29, 1.82) is 0 Å². The summed E-state index contributed by atoms with van der Waals surface area (Å²) >= 11 is 0. The fraction of sp³-hybridized carbons (Fsp3) is 0.429. The summed E-state index contributed by atoms with van der Waals surface area (Å²) < 4.78 is 0. The first-order chi connectivity index (χ1) is 8.81. The van der Waals surface area contributed by atoms with Gasteiger partial charge in [0.15, 0.2) is 6.10 Å². The van der Waals surface area contributed by atoms with Gasteiger partial charge in [-0.3, -0.25) is 9.69 Å². The van der Waals surface area contributed by atoms with E-state index in [-0.39, 0.29) is 0 Å². The lowest BCUT2D eigenvalue weighted by Crippen LogP contribution is -2.64. The van der Waals surface area contributed by atoms with Crippen LogP contribution in [0, 0.1) is 0 Å². The zero-order valence-electron chi connectivity index (χ0n) is 11.3. The van der Waals surface area contributed by atoms with Gasteiger partial charge in [-0.15, -0.1) is 0 Å². The lowest BCUT2D eigenvalue weighted by atomic mass is 9.91. The number of amides is 3. The molecule has 0 spiro atoms. The van der Waals surface area contributed by atoms with Gasteiger partial charge in [-0.1, -0.05) is 30.3 Å². The number of β-lactam (4-membered cyclic amide) rings is 1. The van der Waals surface area contributed by atoms with Crippen molar-refractivity contribution < 1.29 is 14.7 Å². The molecule has 2 N–H and O–H groups in total. The molecule has 102 valence electrons. The molecule has 1 aliphatic rings.